The summed E-state index contributed by atoms with van der Waals surface area (Å²) in [4.78, 5) is 12.5. The van der Waals surface area contributed by atoms with Gasteiger partial charge in [0.25, 0.3) is 5.91 Å². The molecule has 0 unspecified atom stereocenters. The Morgan fingerprint density at radius 1 is 1.03 bits per heavy atom. The molecule has 0 spiro atoms. The van der Waals surface area contributed by atoms with Gasteiger partial charge >= 0.3 is 0 Å². The van der Waals surface area contributed by atoms with Gasteiger partial charge in [-0.2, -0.15) is 4.31 Å². The van der Waals surface area contributed by atoms with E-state index in [2.05, 4.69) is 5.32 Å². The highest BCUT2D eigenvalue weighted by Crippen LogP contribution is 2.26. The van der Waals surface area contributed by atoms with E-state index in [9.17, 15) is 13.2 Å². The first-order valence-corrected chi connectivity index (χ1v) is 10.8. The lowest BCUT2D eigenvalue weighted by Crippen LogP contribution is -2.31. The van der Waals surface area contributed by atoms with Crippen molar-refractivity contribution in [2.75, 3.05) is 32.1 Å². The van der Waals surface area contributed by atoms with E-state index >= 15 is 0 Å². The van der Waals surface area contributed by atoms with Gasteiger partial charge in [-0.05, 0) is 61.4 Å². The van der Waals surface area contributed by atoms with Gasteiger partial charge in [-0.1, -0.05) is 13.8 Å². The molecule has 158 valence electrons. The summed E-state index contributed by atoms with van der Waals surface area (Å²) in [5.74, 6) is 0.853. The number of methoxy groups -OCH3 is 1. The number of carbonyl (C=O) groups is 1. The van der Waals surface area contributed by atoms with Gasteiger partial charge in [-0.3, -0.25) is 4.79 Å². The summed E-state index contributed by atoms with van der Waals surface area (Å²) in [5, 5.41) is 2.76. The fourth-order valence-electron chi connectivity index (χ4n) is 2.82. The summed E-state index contributed by atoms with van der Waals surface area (Å²) in [6.07, 6.45) is 0. The predicted octanol–water partition coefficient (Wildman–Crippen LogP) is 3.36. The van der Waals surface area contributed by atoms with Crippen LogP contribution < -0.4 is 14.8 Å². The number of sulfonamides is 1. The lowest BCUT2D eigenvalue weighted by atomic mass is 10.1. The minimum atomic E-state index is -3.62. The molecular formula is C21H28N2O5S. The average Bonchev–Trinajstić information content (AvgIpc) is 2.70. The number of carbonyl (C=O) groups excluding carboxylic acids is 1. The molecule has 0 saturated carbocycles. The van der Waals surface area contributed by atoms with Gasteiger partial charge in [0.05, 0.1) is 12.0 Å². The van der Waals surface area contributed by atoms with Crippen molar-refractivity contribution in [1.29, 1.82) is 0 Å². The fourth-order valence-corrected chi connectivity index (χ4v) is 4.40. The van der Waals surface area contributed by atoms with Crippen LogP contribution in [0.25, 0.3) is 0 Å². The molecule has 29 heavy (non-hydrogen) atoms. The molecule has 1 amide bonds. The lowest BCUT2D eigenvalue weighted by Gasteiger charge is -2.20. The van der Waals surface area contributed by atoms with Crippen LogP contribution in [0.3, 0.4) is 0 Å². The van der Waals surface area contributed by atoms with Crippen LogP contribution in [0, 0.1) is 13.8 Å². The number of benzene rings is 2. The Bertz CT molecular complexity index is 952. The molecule has 2 aromatic carbocycles. The zero-order valence-corrected chi connectivity index (χ0v) is 18.3. The Hall–Kier alpha value is -2.58. The van der Waals surface area contributed by atoms with Gasteiger partial charge < -0.3 is 14.8 Å². The number of amides is 1. The number of anilines is 1. The van der Waals surface area contributed by atoms with E-state index in [1.165, 1.54) is 10.4 Å². The monoisotopic (exact) mass is 420 g/mol. The van der Waals surface area contributed by atoms with Crippen molar-refractivity contribution in [2.45, 2.75) is 32.6 Å². The minimum Gasteiger partial charge on any atom is -0.497 e. The van der Waals surface area contributed by atoms with Crippen molar-refractivity contribution in [3.05, 3.63) is 47.5 Å². The molecule has 2 rings (SSSR count). The smallest absolute Gasteiger partial charge is 0.262 e. The molecule has 0 bridgehead atoms. The summed E-state index contributed by atoms with van der Waals surface area (Å²) in [7, 11) is -2.05. The molecule has 0 aliphatic carbocycles. The van der Waals surface area contributed by atoms with E-state index in [1.54, 1.807) is 51.3 Å². The highest BCUT2D eigenvalue weighted by molar-refractivity contribution is 7.89. The highest BCUT2D eigenvalue weighted by atomic mass is 32.2. The van der Waals surface area contributed by atoms with Crippen molar-refractivity contribution in [2.24, 2.45) is 0 Å². The van der Waals surface area contributed by atoms with Crippen molar-refractivity contribution in [3.63, 3.8) is 0 Å². The van der Waals surface area contributed by atoms with E-state index in [4.69, 9.17) is 9.47 Å². The average molecular weight is 421 g/mol. The second-order valence-corrected chi connectivity index (χ2v) is 8.45. The summed E-state index contributed by atoms with van der Waals surface area (Å²) in [6.45, 7) is 7.80. The number of aryl methyl sites for hydroxylation is 1. The van der Waals surface area contributed by atoms with Crippen LogP contribution in [-0.4, -0.2) is 45.4 Å². The Morgan fingerprint density at radius 3 is 2.17 bits per heavy atom. The summed E-state index contributed by atoms with van der Waals surface area (Å²) < 4.78 is 37.6. The second kappa shape index (κ2) is 9.76. The number of rotatable bonds is 9. The van der Waals surface area contributed by atoms with Crippen molar-refractivity contribution in [1.82, 2.24) is 4.31 Å². The zero-order valence-electron chi connectivity index (χ0n) is 17.5. The summed E-state index contributed by atoms with van der Waals surface area (Å²) in [6, 6.07) is 10.0. The summed E-state index contributed by atoms with van der Waals surface area (Å²) in [5.41, 5.74) is 2.05. The van der Waals surface area contributed by atoms with Crippen LogP contribution in [0.1, 0.15) is 25.0 Å². The van der Waals surface area contributed by atoms with Crippen LogP contribution in [0.4, 0.5) is 5.69 Å². The third kappa shape index (κ3) is 5.48. The van der Waals surface area contributed by atoms with Gasteiger partial charge in [0.2, 0.25) is 10.0 Å². The van der Waals surface area contributed by atoms with Gasteiger partial charge in [-0.25, -0.2) is 8.42 Å². The molecule has 0 aromatic heterocycles. The van der Waals surface area contributed by atoms with Crippen molar-refractivity contribution < 1.29 is 22.7 Å². The molecule has 2 aromatic rings. The Balaban J connectivity index is 2.16. The standard InChI is InChI=1S/C21H28N2O5S/c1-6-23(7-2)29(25,26)19-12-15(3)16(4)20(13-19)22-21(24)14-28-18-10-8-17(27-5)9-11-18/h8-13H,6-7,14H2,1-5H3,(H,22,24). The van der Waals surface area contributed by atoms with E-state index in [0.717, 1.165) is 11.1 Å². The largest absolute Gasteiger partial charge is 0.497 e. The number of nitrogens with one attached hydrogen (secondary N) is 1. The molecule has 0 radical (unpaired) electrons. The molecule has 0 fully saturated rings. The first-order valence-electron chi connectivity index (χ1n) is 9.41. The SMILES string of the molecule is CCN(CC)S(=O)(=O)c1cc(C)c(C)c(NC(=O)COc2ccc(OC)cc2)c1. The fraction of sp³-hybridized carbons (Fsp3) is 0.381. The topological polar surface area (TPSA) is 84.9 Å². The van der Waals surface area contributed by atoms with Crippen LogP contribution in [0.15, 0.2) is 41.3 Å². The van der Waals surface area contributed by atoms with Gasteiger partial charge in [0, 0.05) is 18.8 Å². The van der Waals surface area contributed by atoms with Crippen LogP contribution in [-0.2, 0) is 14.8 Å². The molecule has 0 atom stereocenters. The Morgan fingerprint density at radius 2 is 1.62 bits per heavy atom. The number of hydrogen-bond acceptors (Lipinski definition) is 5. The molecule has 0 saturated heterocycles. The lowest BCUT2D eigenvalue weighted by molar-refractivity contribution is -0.118. The molecule has 8 heteroatoms. The third-order valence-electron chi connectivity index (χ3n) is 4.69. The van der Waals surface area contributed by atoms with Crippen LogP contribution >= 0.6 is 0 Å². The molecule has 0 aliphatic rings. The predicted molar refractivity (Wildman–Crippen MR) is 113 cm³/mol. The van der Waals surface area contributed by atoms with Gasteiger partial charge in [-0.15, -0.1) is 0 Å². The minimum absolute atomic E-state index is 0.163. The first kappa shape index (κ1) is 22.7. The Labute approximate surface area is 172 Å². The first-order chi connectivity index (χ1) is 13.7. The molecular weight excluding hydrogens is 392 g/mol. The normalized spacial score (nSPS) is 11.4. The second-order valence-electron chi connectivity index (χ2n) is 6.51. The number of nitrogens with zero attached hydrogens (tertiary/aromatic N) is 1. The van der Waals surface area contributed by atoms with Crippen molar-refractivity contribution in [3.8, 4) is 11.5 Å². The molecule has 1 N–H and O–H groups in total. The molecule has 7 nitrogen and oxygen atoms in total. The van der Waals surface area contributed by atoms with Crippen molar-refractivity contribution >= 4 is 21.6 Å². The third-order valence-corrected chi connectivity index (χ3v) is 6.72. The maximum Gasteiger partial charge on any atom is 0.262 e. The summed E-state index contributed by atoms with van der Waals surface area (Å²) >= 11 is 0. The molecule has 0 aliphatic heterocycles. The maximum atomic E-state index is 12.8. The van der Waals surface area contributed by atoms with Crippen LogP contribution in [0.2, 0.25) is 0 Å². The maximum absolute atomic E-state index is 12.8. The quantitative estimate of drug-likeness (QED) is 0.672. The molecule has 0 heterocycles. The van der Waals surface area contributed by atoms with Gasteiger partial charge in [0.1, 0.15) is 11.5 Å². The number of ether oxygens (including phenoxy) is 2. The Kier molecular flexibility index (Phi) is 7.64. The highest BCUT2D eigenvalue weighted by Gasteiger charge is 2.23. The van der Waals surface area contributed by atoms with E-state index in [-0.39, 0.29) is 17.4 Å². The zero-order chi connectivity index (χ0) is 21.6. The van der Waals surface area contributed by atoms with E-state index in [1.807, 2.05) is 13.8 Å². The van der Waals surface area contributed by atoms with Gasteiger partial charge in [0.15, 0.2) is 6.61 Å². The number of hydrogen-bond donors (Lipinski definition) is 1. The van der Waals surface area contributed by atoms with E-state index in [0.29, 0.717) is 30.3 Å². The van der Waals surface area contributed by atoms with E-state index < -0.39 is 10.0 Å². The van der Waals surface area contributed by atoms with Crippen LogP contribution in [0.5, 0.6) is 11.5 Å².